The van der Waals surface area contributed by atoms with Crippen LogP contribution in [0.4, 0.5) is 4.79 Å². The van der Waals surface area contributed by atoms with Crippen LogP contribution in [0.1, 0.15) is 34.6 Å². The number of pyridine rings is 1. The Morgan fingerprint density at radius 3 is 2.42 bits per heavy atom. The third-order valence-electron chi connectivity index (χ3n) is 5.32. The number of carbonyl (C=O) groups excluding carboxylic acids is 1. The molecule has 1 aliphatic rings. The van der Waals surface area contributed by atoms with Crippen LogP contribution in [0.5, 0.6) is 5.88 Å². The van der Waals surface area contributed by atoms with E-state index in [9.17, 15) is 4.79 Å². The second-order valence-electron chi connectivity index (χ2n) is 7.35. The summed E-state index contributed by atoms with van der Waals surface area (Å²) in [4.78, 5) is 16.4. The van der Waals surface area contributed by atoms with Gasteiger partial charge >= 0.3 is 6.09 Å². The number of ether oxygens (including phenoxy) is 2. The number of amides is 1. The molecule has 5 nitrogen and oxygen atoms in total. The molecular formula is C26H24N2O3. The Balaban J connectivity index is 1.28. The van der Waals surface area contributed by atoms with E-state index in [4.69, 9.17) is 9.47 Å². The number of methoxy groups -OCH3 is 1. The summed E-state index contributed by atoms with van der Waals surface area (Å²) in [6.07, 6.45) is 1.78. The quantitative estimate of drug-likeness (QED) is 0.488. The lowest BCUT2D eigenvalue weighted by Gasteiger charge is -2.14. The van der Waals surface area contributed by atoms with Gasteiger partial charge in [-0.15, -0.1) is 0 Å². The lowest BCUT2D eigenvalue weighted by Crippen LogP contribution is -2.26. The Morgan fingerprint density at radius 1 is 1.10 bits per heavy atom. The zero-order chi connectivity index (χ0) is 21.6. The molecule has 4 rings (SSSR count). The van der Waals surface area contributed by atoms with Crippen molar-refractivity contribution in [2.45, 2.75) is 19.3 Å². The van der Waals surface area contributed by atoms with Crippen molar-refractivity contribution in [1.82, 2.24) is 10.3 Å². The Labute approximate surface area is 182 Å². The first-order valence-corrected chi connectivity index (χ1v) is 10.3. The van der Waals surface area contributed by atoms with Crippen molar-refractivity contribution in [3.63, 3.8) is 0 Å². The largest absolute Gasteiger partial charge is 0.481 e. The monoisotopic (exact) mass is 412 g/mol. The zero-order valence-electron chi connectivity index (χ0n) is 17.6. The Morgan fingerprint density at radius 2 is 1.77 bits per heavy atom. The number of aromatic nitrogens is 1. The van der Waals surface area contributed by atoms with Crippen LogP contribution in [0.25, 0.3) is 11.1 Å². The van der Waals surface area contributed by atoms with Gasteiger partial charge in [0.1, 0.15) is 6.61 Å². The number of benzene rings is 2. The zero-order valence-corrected chi connectivity index (χ0v) is 17.6. The maximum absolute atomic E-state index is 12.2. The van der Waals surface area contributed by atoms with Crippen molar-refractivity contribution in [2.24, 2.45) is 0 Å². The Kier molecular flexibility index (Phi) is 6.18. The summed E-state index contributed by atoms with van der Waals surface area (Å²) < 4.78 is 10.7. The molecule has 1 aliphatic carbocycles. The van der Waals surface area contributed by atoms with E-state index < -0.39 is 6.09 Å². The van der Waals surface area contributed by atoms with Crippen molar-refractivity contribution in [3.8, 4) is 28.8 Å². The average molecular weight is 412 g/mol. The minimum atomic E-state index is -0.425. The van der Waals surface area contributed by atoms with E-state index in [0.717, 1.165) is 11.1 Å². The minimum absolute atomic E-state index is 0.0590. The van der Waals surface area contributed by atoms with Gasteiger partial charge < -0.3 is 14.8 Å². The van der Waals surface area contributed by atoms with Crippen molar-refractivity contribution >= 4 is 6.09 Å². The SMILES string of the molecule is COc1ncc(C#CCCNC(=O)OCC2c3ccccc3-c3ccccc32)cc1C. The predicted octanol–water partition coefficient (Wildman–Crippen LogP) is 4.68. The first-order chi connectivity index (χ1) is 15.2. The van der Waals surface area contributed by atoms with E-state index >= 15 is 0 Å². The summed E-state index contributed by atoms with van der Waals surface area (Å²) in [7, 11) is 1.59. The summed E-state index contributed by atoms with van der Waals surface area (Å²) in [6, 6.07) is 18.5. The molecular weight excluding hydrogens is 388 g/mol. The van der Waals surface area contributed by atoms with Gasteiger partial charge in [0.25, 0.3) is 0 Å². The van der Waals surface area contributed by atoms with Crippen LogP contribution in [0, 0.1) is 18.8 Å². The van der Waals surface area contributed by atoms with E-state index in [0.29, 0.717) is 25.5 Å². The second-order valence-corrected chi connectivity index (χ2v) is 7.35. The first-order valence-electron chi connectivity index (χ1n) is 10.3. The third kappa shape index (κ3) is 4.54. The van der Waals surface area contributed by atoms with E-state index in [-0.39, 0.29) is 5.92 Å². The molecule has 0 spiro atoms. The molecule has 156 valence electrons. The maximum Gasteiger partial charge on any atom is 0.407 e. The number of hydrogen-bond donors (Lipinski definition) is 1. The van der Waals surface area contributed by atoms with Gasteiger partial charge in [0, 0.05) is 36.2 Å². The maximum atomic E-state index is 12.2. The standard InChI is InChI=1S/C26H24N2O3/c1-18-15-19(16-28-25(18)30-2)9-7-8-14-27-26(29)31-17-24-22-12-5-3-10-20(22)21-11-4-6-13-23(21)24/h3-6,10-13,15-16,24H,8,14,17H2,1-2H3,(H,27,29). The molecule has 0 atom stereocenters. The van der Waals surface area contributed by atoms with Crippen LogP contribution in [0.2, 0.25) is 0 Å². The highest BCUT2D eigenvalue weighted by molar-refractivity contribution is 5.79. The van der Waals surface area contributed by atoms with Gasteiger partial charge in [-0.25, -0.2) is 9.78 Å². The number of alkyl carbamates (subject to hydrolysis) is 1. The smallest absolute Gasteiger partial charge is 0.407 e. The van der Waals surface area contributed by atoms with Gasteiger partial charge in [0.15, 0.2) is 0 Å². The topological polar surface area (TPSA) is 60.5 Å². The molecule has 1 heterocycles. The molecule has 1 amide bonds. The van der Waals surface area contributed by atoms with E-state index in [1.165, 1.54) is 22.3 Å². The van der Waals surface area contributed by atoms with Gasteiger partial charge in [-0.2, -0.15) is 0 Å². The van der Waals surface area contributed by atoms with Crippen molar-refractivity contribution < 1.29 is 14.3 Å². The van der Waals surface area contributed by atoms with Crippen LogP contribution < -0.4 is 10.1 Å². The van der Waals surface area contributed by atoms with Gasteiger partial charge in [0.05, 0.1) is 7.11 Å². The van der Waals surface area contributed by atoms with Crippen LogP contribution in [0.15, 0.2) is 60.8 Å². The van der Waals surface area contributed by atoms with Crippen LogP contribution in [0.3, 0.4) is 0 Å². The van der Waals surface area contributed by atoms with Gasteiger partial charge in [-0.3, -0.25) is 0 Å². The number of aryl methyl sites for hydroxylation is 1. The van der Waals surface area contributed by atoms with Gasteiger partial charge in [0.2, 0.25) is 5.88 Å². The number of nitrogens with zero attached hydrogens (tertiary/aromatic N) is 1. The molecule has 31 heavy (non-hydrogen) atoms. The highest BCUT2D eigenvalue weighted by Gasteiger charge is 2.28. The molecule has 5 heteroatoms. The molecule has 0 unspecified atom stereocenters. The molecule has 0 fully saturated rings. The predicted molar refractivity (Wildman–Crippen MR) is 120 cm³/mol. The molecule has 0 bridgehead atoms. The number of rotatable bonds is 5. The first kappa shape index (κ1) is 20.5. The molecule has 0 saturated carbocycles. The fourth-order valence-corrected chi connectivity index (χ4v) is 3.89. The van der Waals surface area contributed by atoms with Gasteiger partial charge in [-0.05, 0) is 35.2 Å². The summed E-state index contributed by atoms with van der Waals surface area (Å²) in [5.41, 5.74) is 6.58. The number of carbonyl (C=O) groups is 1. The number of nitrogens with one attached hydrogen (secondary N) is 1. The lowest BCUT2D eigenvalue weighted by atomic mass is 9.98. The van der Waals surface area contributed by atoms with E-state index in [1.807, 2.05) is 37.3 Å². The fourth-order valence-electron chi connectivity index (χ4n) is 3.89. The highest BCUT2D eigenvalue weighted by atomic mass is 16.5. The Bertz CT molecular complexity index is 1120. The number of hydrogen-bond acceptors (Lipinski definition) is 4. The van der Waals surface area contributed by atoms with Crippen molar-refractivity contribution in [3.05, 3.63) is 83.0 Å². The van der Waals surface area contributed by atoms with Crippen molar-refractivity contribution in [2.75, 3.05) is 20.3 Å². The molecule has 3 aromatic rings. The highest BCUT2D eigenvalue weighted by Crippen LogP contribution is 2.44. The number of fused-ring (bicyclic) bond motifs is 3. The van der Waals surface area contributed by atoms with Crippen LogP contribution in [-0.2, 0) is 4.74 Å². The van der Waals surface area contributed by atoms with Crippen molar-refractivity contribution in [1.29, 1.82) is 0 Å². The third-order valence-corrected chi connectivity index (χ3v) is 5.32. The fraction of sp³-hybridized carbons (Fsp3) is 0.231. The summed E-state index contributed by atoms with van der Waals surface area (Å²) in [5.74, 6) is 6.75. The normalized spacial score (nSPS) is 11.7. The second kappa shape index (κ2) is 9.36. The average Bonchev–Trinajstić information content (AvgIpc) is 3.11. The molecule has 2 aromatic carbocycles. The van der Waals surface area contributed by atoms with Gasteiger partial charge in [-0.1, -0.05) is 60.4 Å². The van der Waals surface area contributed by atoms with Crippen LogP contribution in [-0.4, -0.2) is 31.3 Å². The lowest BCUT2D eigenvalue weighted by molar-refractivity contribution is 0.143. The molecule has 0 aliphatic heterocycles. The minimum Gasteiger partial charge on any atom is -0.481 e. The molecule has 1 N–H and O–H groups in total. The Hall–Kier alpha value is -3.78. The summed E-state index contributed by atoms with van der Waals surface area (Å²) >= 11 is 0. The summed E-state index contributed by atoms with van der Waals surface area (Å²) in [5, 5.41) is 2.77. The summed E-state index contributed by atoms with van der Waals surface area (Å²) in [6.45, 7) is 2.66. The molecule has 1 aromatic heterocycles. The van der Waals surface area contributed by atoms with Crippen LogP contribution >= 0.6 is 0 Å². The molecule has 0 radical (unpaired) electrons. The molecule has 0 saturated heterocycles. The van der Waals surface area contributed by atoms with E-state index in [1.54, 1.807) is 13.3 Å². The van der Waals surface area contributed by atoms with E-state index in [2.05, 4.69) is 46.4 Å².